The second-order valence-electron chi connectivity index (χ2n) is 8.54. The second kappa shape index (κ2) is 10.0. The molecule has 0 bridgehead atoms. The zero-order valence-electron chi connectivity index (χ0n) is 19.3. The second-order valence-corrected chi connectivity index (χ2v) is 8.95. The standard InChI is InChI=1S/C23H29ClFN7O/c1-15(2)32-14-17(11-27-32)22-18(24)12-26-23(29-22)28-20-10-19(25)16(9-21(20)33-4)13-31-7-5-30(3)6-8-31/h9-12,14-15H,5-8,13H2,1-4H3,(H,26,28,29). The number of aromatic nitrogens is 4. The van der Waals surface area contributed by atoms with Crippen LogP contribution < -0.4 is 10.1 Å². The summed E-state index contributed by atoms with van der Waals surface area (Å²) in [4.78, 5) is 13.3. The summed E-state index contributed by atoms with van der Waals surface area (Å²) in [6.45, 7) is 8.40. The van der Waals surface area contributed by atoms with Crippen LogP contribution in [0, 0.1) is 5.82 Å². The van der Waals surface area contributed by atoms with Gasteiger partial charge in [-0.1, -0.05) is 11.6 Å². The van der Waals surface area contributed by atoms with Crippen LogP contribution in [0.25, 0.3) is 11.3 Å². The topological polar surface area (TPSA) is 71.3 Å². The zero-order valence-corrected chi connectivity index (χ0v) is 20.1. The van der Waals surface area contributed by atoms with E-state index in [0.29, 0.717) is 34.3 Å². The number of nitrogens with one attached hydrogen (secondary N) is 1. The average molecular weight is 474 g/mol. The van der Waals surface area contributed by atoms with E-state index in [1.807, 2.05) is 24.7 Å². The lowest BCUT2D eigenvalue weighted by molar-refractivity contribution is 0.147. The van der Waals surface area contributed by atoms with Gasteiger partial charge in [-0.3, -0.25) is 9.58 Å². The number of likely N-dealkylation sites (N-methyl/N-ethyl adjacent to an activating group) is 1. The van der Waals surface area contributed by atoms with Crippen LogP contribution in [-0.2, 0) is 6.54 Å². The predicted octanol–water partition coefficient (Wildman–Crippen LogP) is 4.21. The summed E-state index contributed by atoms with van der Waals surface area (Å²) in [5.41, 5.74) is 2.37. The van der Waals surface area contributed by atoms with Gasteiger partial charge in [0, 0.05) is 62.2 Å². The van der Waals surface area contributed by atoms with E-state index in [0.717, 1.165) is 31.7 Å². The highest BCUT2D eigenvalue weighted by Crippen LogP contribution is 2.32. The molecule has 176 valence electrons. The molecule has 2 aromatic heterocycles. The van der Waals surface area contributed by atoms with E-state index in [4.69, 9.17) is 16.3 Å². The molecule has 0 aliphatic carbocycles. The van der Waals surface area contributed by atoms with Gasteiger partial charge in [0.25, 0.3) is 0 Å². The van der Waals surface area contributed by atoms with Crippen LogP contribution in [0.3, 0.4) is 0 Å². The minimum absolute atomic E-state index is 0.216. The van der Waals surface area contributed by atoms with E-state index in [2.05, 4.69) is 37.2 Å². The van der Waals surface area contributed by atoms with Gasteiger partial charge in [0.2, 0.25) is 5.95 Å². The largest absolute Gasteiger partial charge is 0.495 e. The number of methoxy groups -OCH3 is 1. The number of hydrogen-bond acceptors (Lipinski definition) is 7. The Morgan fingerprint density at radius 3 is 2.61 bits per heavy atom. The maximum atomic E-state index is 15.0. The highest BCUT2D eigenvalue weighted by atomic mass is 35.5. The van der Waals surface area contributed by atoms with Crippen LogP contribution in [0.5, 0.6) is 5.75 Å². The predicted molar refractivity (Wildman–Crippen MR) is 128 cm³/mol. The van der Waals surface area contributed by atoms with Crippen molar-refractivity contribution < 1.29 is 9.13 Å². The molecule has 1 aromatic carbocycles. The van der Waals surface area contributed by atoms with Gasteiger partial charge in [-0.2, -0.15) is 5.10 Å². The Morgan fingerprint density at radius 1 is 1.18 bits per heavy atom. The molecule has 1 N–H and O–H groups in total. The molecule has 0 radical (unpaired) electrons. The Hall–Kier alpha value is -2.75. The van der Waals surface area contributed by atoms with Crippen molar-refractivity contribution in [3.63, 3.8) is 0 Å². The molecule has 1 fully saturated rings. The third kappa shape index (κ3) is 5.43. The average Bonchev–Trinajstić information content (AvgIpc) is 3.29. The fraction of sp³-hybridized carbons (Fsp3) is 0.435. The quantitative estimate of drug-likeness (QED) is 0.551. The normalized spacial score (nSPS) is 15.2. The molecule has 0 saturated carbocycles. The van der Waals surface area contributed by atoms with Crippen LogP contribution in [-0.4, -0.2) is 69.9 Å². The van der Waals surface area contributed by atoms with Crippen LogP contribution in [0.15, 0.2) is 30.7 Å². The van der Waals surface area contributed by atoms with Crippen LogP contribution >= 0.6 is 11.6 Å². The van der Waals surface area contributed by atoms with Crippen LogP contribution in [0.2, 0.25) is 5.02 Å². The molecular formula is C23H29ClFN7O. The lowest BCUT2D eigenvalue weighted by atomic mass is 10.1. The SMILES string of the molecule is COc1cc(CN2CCN(C)CC2)c(F)cc1Nc1ncc(Cl)c(-c2cnn(C(C)C)c2)n1. The van der Waals surface area contributed by atoms with Crippen molar-refractivity contribution in [3.8, 4) is 17.0 Å². The van der Waals surface area contributed by atoms with E-state index in [9.17, 15) is 4.39 Å². The Labute approximate surface area is 198 Å². The van der Waals surface area contributed by atoms with Crippen molar-refractivity contribution in [3.05, 3.63) is 47.1 Å². The zero-order chi connectivity index (χ0) is 23.5. The molecule has 1 aliphatic rings. The molecule has 1 aliphatic heterocycles. The number of piperazine rings is 1. The summed E-state index contributed by atoms with van der Waals surface area (Å²) >= 11 is 6.35. The highest BCUT2D eigenvalue weighted by Gasteiger charge is 2.19. The maximum absolute atomic E-state index is 15.0. The lowest BCUT2D eigenvalue weighted by Gasteiger charge is -2.32. The number of ether oxygens (including phenoxy) is 1. The fourth-order valence-electron chi connectivity index (χ4n) is 3.72. The van der Waals surface area contributed by atoms with Crippen molar-refractivity contribution in [2.75, 3.05) is 45.7 Å². The van der Waals surface area contributed by atoms with Gasteiger partial charge in [0.1, 0.15) is 11.6 Å². The molecule has 10 heteroatoms. The van der Waals surface area contributed by atoms with Gasteiger partial charge in [0.15, 0.2) is 0 Å². The van der Waals surface area contributed by atoms with Crippen molar-refractivity contribution in [2.45, 2.75) is 26.4 Å². The molecule has 4 rings (SSSR count). The Kier molecular flexibility index (Phi) is 7.11. The minimum Gasteiger partial charge on any atom is -0.495 e. The van der Waals surface area contributed by atoms with Crippen molar-refractivity contribution >= 4 is 23.2 Å². The molecule has 3 heterocycles. The van der Waals surface area contributed by atoms with Gasteiger partial charge in [-0.25, -0.2) is 14.4 Å². The summed E-state index contributed by atoms with van der Waals surface area (Å²) in [6.07, 6.45) is 5.12. The number of rotatable bonds is 7. The third-order valence-corrected chi connectivity index (χ3v) is 6.03. The molecular weight excluding hydrogens is 445 g/mol. The number of hydrogen-bond donors (Lipinski definition) is 1. The van der Waals surface area contributed by atoms with Crippen LogP contribution in [0.4, 0.5) is 16.0 Å². The molecule has 0 amide bonds. The van der Waals surface area contributed by atoms with Gasteiger partial charge >= 0.3 is 0 Å². The number of halogens is 2. The van der Waals surface area contributed by atoms with E-state index >= 15 is 0 Å². The van der Waals surface area contributed by atoms with Crippen LogP contribution in [0.1, 0.15) is 25.5 Å². The number of nitrogens with zero attached hydrogens (tertiary/aromatic N) is 6. The molecule has 0 spiro atoms. The van der Waals surface area contributed by atoms with E-state index in [1.54, 1.807) is 19.4 Å². The summed E-state index contributed by atoms with van der Waals surface area (Å²) in [5, 5.41) is 7.83. The third-order valence-electron chi connectivity index (χ3n) is 5.75. The fourth-order valence-corrected chi connectivity index (χ4v) is 3.92. The van der Waals surface area contributed by atoms with E-state index in [1.165, 1.54) is 12.3 Å². The summed E-state index contributed by atoms with van der Waals surface area (Å²) in [5.74, 6) is 0.508. The Morgan fingerprint density at radius 2 is 1.94 bits per heavy atom. The molecule has 3 aromatic rings. The van der Waals surface area contributed by atoms with Gasteiger partial charge in [-0.05, 0) is 27.0 Å². The smallest absolute Gasteiger partial charge is 0.227 e. The lowest BCUT2D eigenvalue weighted by Crippen LogP contribution is -2.44. The first-order chi connectivity index (χ1) is 15.8. The molecule has 0 atom stereocenters. The maximum Gasteiger partial charge on any atom is 0.227 e. The van der Waals surface area contributed by atoms with Gasteiger partial charge in [-0.15, -0.1) is 0 Å². The monoisotopic (exact) mass is 473 g/mol. The first-order valence-electron chi connectivity index (χ1n) is 11.0. The number of anilines is 2. The van der Waals surface area contributed by atoms with E-state index in [-0.39, 0.29) is 17.8 Å². The molecule has 0 unspecified atom stereocenters. The number of benzene rings is 1. The van der Waals surface area contributed by atoms with Crippen molar-refractivity contribution in [2.24, 2.45) is 0 Å². The Balaban J connectivity index is 1.56. The summed E-state index contributed by atoms with van der Waals surface area (Å²) < 4.78 is 22.4. The summed E-state index contributed by atoms with van der Waals surface area (Å²) in [7, 11) is 3.66. The van der Waals surface area contributed by atoms with Gasteiger partial charge in [0.05, 0.1) is 35.9 Å². The molecule has 1 saturated heterocycles. The van der Waals surface area contributed by atoms with Crippen molar-refractivity contribution in [1.29, 1.82) is 0 Å². The van der Waals surface area contributed by atoms with E-state index < -0.39 is 0 Å². The van der Waals surface area contributed by atoms with Gasteiger partial charge < -0.3 is 15.0 Å². The molecule has 8 nitrogen and oxygen atoms in total. The highest BCUT2D eigenvalue weighted by molar-refractivity contribution is 6.32. The minimum atomic E-state index is -0.301. The van der Waals surface area contributed by atoms with Crippen molar-refractivity contribution in [1.82, 2.24) is 29.5 Å². The summed E-state index contributed by atoms with van der Waals surface area (Å²) in [6, 6.07) is 3.38. The first kappa shape index (κ1) is 23.4. The first-order valence-corrected chi connectivity index (χ1v) is 11.3. The Bertz CT molecular complexity index is 1110. The molecule has 33 heavy (non-hydrogen) atoms.